The molecule has 4 nitrogen and oxygen atoms in total. The molecule has 0 aliphatic heterocycles. The number of aromatic nitrogens is 3. The Labute approximate surface area is 109 Å². The fraction of sp³-hybridized carbons (Fsp3) is 0.786. The van der Waals surface area contributed by atoms with E-state index in [1.54, 1.807) is 4.68 Å². The van der Waals surface area contributed by atoms with E-state index in [2.05, 4.69) is 30.2 Å². The van der Waals surface area contributed by atoms with Crippen LogP contribution in [0.5, 0.6) is 0 Å². The lowest BCUT2D eigenvalue weighted by molar-refractivity contribution is 0.174. The summed E-state index contributed by atoms with van der Waals surface area (Å²) in [6.07, 6.45) is 7.03. The highest BCUT2D eigenvalue weighted by Crippen LogP contribution is 2.42. The summed E-state index contributed by atoms with van der Waals surface area (Å²) >= 11 is 0. The molecule has 1 saturated carbocycles. The summed E-state index contributed by atoms with van der Waals surface area (Å²) in [5.74, 6) is 1.52. The molecule has 0 amide bonds. The van der Waals surface area contributed by atoms with Crippen molar-refractivity contribution in [1.82, 2.24) is 15.0 Å². The molecular weight excluding hydrogens is 224 g/mol. The summed E-state index contributed by atoms with van der Waals surface area (Å²) in [5.41, 5.74) is 0.739. The van der Waals surface area contributed by atoms with E-state index in [1.807, 2.05) is 13.2 Å². The molecule has 0 aromatic carbocycles. The Bertz CT molecular complexity index is 433. The molecule has 4 heteroatoms. The minimum atomic E-state index is -0.207. The fourth-order valence-corrected chi connectivity index (χ4v) is 3.01. The lowest BCUT2D eigenvalue weighted by Crippen LogP contribution is -2.30. The van der Waals surface area contributed by atoms with E-state index in [0.29, 0.717) is 0 Å². The van der Waals surface area contributed by atoms with Crippen LogP contribution in [0.3, 0.4) is 0 Å². The van der Waals surface area contributed by atoms with Crippen LogP contribution in [0.4, 0.5) is 0 Å². The molecule has 0 N–H and O–H groups in total. The first kappa shape index (κ1) is 13.1. The van der Waals surface area contributed by atoms with Gasteiger partial charge in [0.1, 0.15) is 0 Å². The fourth-order valence-electron chi connectivity index (χ4n) is 3.01. The van der Waals surface area contributed by atoms with Crippen molar-refractivity contribution in [2.45, 2.75) is 46.0 Å². The van der Waals surface area contributed by atoms with Crippen molar-refractivity contribution in [1.29, 1.82) is 5.26 Å². The van der Waals surface area contributed by atoms with Crippen LogP contribution in [-0.2, 0) is 13.5 Å². The Kier molecular flexibility index (Phi) is 3.70. The van der Waals surface area contributed by atoms with E-state index >= 15 is 0 Å². The normalized spacial score (nSPS) is 28.3. The van der Waals surface area contributed by atoms with Crippen molar-refractivity contribution >= 4 is 0 Å². The predicted octanol–water partition coefficient (Wildman–Crippen LogP) is 2.71. The smallest absolute Gasteiger partial charge is 0.0842 e. The van der Waals surface area contributed by atoms with Gasteiger partial charge in [-0.3, -0.25) is 4.68 Å². The zero-order valence-electron chi connectivity index (χ0n) is 11.6. The highest BCUT2D eigenvalue weighted by molar-refractivity contribution is 5.09. The summed E-state index contributed by atoms with van der Waals surface area (Å²) in [4.78, 5) is 0. The zero-order chi connectivity index (χ0) is 13.2. The van der Waals surface area contributed by atoms with E-state index in [-0.39, 0.29) is 5.41 Å². The van der Waals surface area contributed by atoms with E-state index in [9.17, 15) is 5.26 Å². The molecule has 98 valence electrons. The number of hydrogen-bond donors (Lipinski definition) is 0. The van der Waals surface area contributed by atoms with Crippen molar-refractivity contribution in [2.24, 2.45) is 24.3 Å². The number of aryl methyl sites for hydroxylation is 1. The predicted molar refractivity (Wildman–Crippen MR) is 69.5 cm³/mol. The van der Waals surface area contributed by atoms with Crippen LogP contribution in [0.2, 0.25) is 0 Å². The Morgan fingerprint density at radius 3 is 2.61 bits per heavy atom. The first-order valence-electron chi connectivity index (χ1n) is 6.81. The third-order valence-electron chi connectivity index (χ3n) is 4.34. The van der Waals surface area contributed by atoms with Gasteiger partial charge in [0, 0.05) is 19.7 Å². The SMILES string of the molecule is CC(C)C1CCC(C#N)(Cc2cn(C)nn2)CC1. The maximum absolute atomic E-state index is 9.53. The van der Waals surface area contributed by atoms with E-state index < -0.39 is 0 Å². The maximum atomic E-state index is 9.53. The molecule has 0 unspecified atom stereocenters. The van der Waals surface area contributed by atoms with Gasteiger partial charge in [-0.1, -0.05) is 19.1 Å². The summed E-state index contributed by atoms with van der Waals surface area (Å²) in [5, 5.41) is 17.6. The van der Waals surface area contributed by atoms with Gasteiger partial charge >= 0.3 is 0 Å². The van der Waals surface area contributed by atoms with E-state index in [4.69, 9.17) is 0 Å². The third-order valence-corrected chi connectivity index (χ3v) is 4.34. The molecule has 0 atom stereocenters. The summed E-state index contributed by atoms with van der Waals surface area (Å²) in [6, 6.07) is 2.56. The second-order valence-electron chi connectivity index (χ2n) is 6.03. The first-order chi connectivity index (χ1) is 8.54. The Balaban J connectivity index is 2.03. The highest BCUT2D eigenvalue weighted by Gasteiger charge is 2.37. The van der Waals surface area contributed by atoms with Gasteiger partial charge in [-0.25, -0.2) is 0 Å². The molecule has 1 heterocycles. The van der Waals surface area contributed by atoms with Gasteiger partial charge in [-0.2, -0.15) is 5.26 Å². The topological polar surface area (TPSA) is 54.5 Å². The van der Waals surface area contributed by atoms with Crippen molar-refractivity contribution < 1.29 is 0 Å². The van der Waals surface area contributed by atoms with Gasteiger partial charge < -0.3 is 0 Å². The summed E-state index contributed by atoms with van der Waals surface area (Å²) < 4.78 is 1.71. The monoisotopic (exact) mass is 246 g/mol. The number of hydrogen-bond acceptors (Lipinski definition) is 3. The molecule has 0 spiro atoms. The number of rotatable bonds is 3. The van der Waals surface area contributed by atoms with Crippen LogP contribution in [0.25, 0.3) is 0 Å². The zero-order valence-corrected chi connectivity index (χ0v) is 11.6. The second-order valence-corrected chi connectivity index (χ2v) is 6.03. The van der Waals surface area contributed by atoms with E-state index in [0.717, 1.165) is 36.8 Å². The van der Waals surface area contributed by atoms with Crippen LogP contribution < -0.4 is 0 Å². The maximum Gasteiger partial charge on any atom is 0.0842 e. The molecule has 1 aromatic rings. The lowest BCUT2D eigenvalue weighted by atomic mass is 9.67. The van der Waals surface area contributed by atoms with Crippen molar-refractivity contribution in [3.63, 3.8) is 0 Å². The first-order valence-corrected chi connectivity index (χ1v) is 6.81. The minimum Gasteiger partial charge on any atom is -0.255 e. The van der Waals surface area contributed by atoms with Gasteiger partial charge in [0.15, 0.2) is 0 Å². The van der Waals surface area contributed by atoms with Gasteiger partial charge in [0.25, 0.3) is 0 Å². The number of nitrogens with zero attached hydrogens (tertiary/aromatic N) is 4. The molecular formula is C14H22N4. The summed E-state index contributed by atoms with van der Waals surface area (Å²) in [7, 11) is 1.87. The van der Waals surface area contributed by atoms with Crippen LogP contribution in [-0.4, -0.2) is 15.0 Å². The van der Waals surface area contributed by atoms with Gasteiger partial charge in [0.05, 0.1) is 17.2 Å². The largest absolute Gasteiger partial charge is 0.255 e. The van der Waals surface area contributed by atoms with Gasteiger partial charge in [0.2, 0.25) is 0 Å². The molecule has 18 heavy (non-hydrogen) atoms. The average molecular weight is 246 g/mol. The van der Waals surface area contributed by atoms with Crippen molar-refractivity contribution in [3.8, 4) is 6.07 Å². The van der Waals surface area contributed by atoms with Crippen LogP contribution in [0.1, 0.15) is 45.2 Å². The van der Waals surface area contributed by atoms with Gasteiger partial charge in [-0.05, 0) is 37.5 Å². The van der Waals surface area contributed by atoms with Gasteiger partial charge in [-0.15, -0.1) is 5.10 Å². The molecule has 0 bridgehead atoms. The quantitative estimate of drug-likeness (QED) is 0.824. The highest BCUT2D eigenvalue weighted by atomic mass is 15.4. The Morgan fingerprint density at radius 1 is 1.50 bits per heavy atom. The number of nitriles is 1. The van der Waals surface area contributed by atoms with Crippen LogP contribution >= 0.6 is 0 Å². The minimum absolute atomic E-state index is 0.207. The van der Waals surface area contributed by atoms with Crippen LogP contribution in [0.15, 0.2) is 6.20 Å². The molecule has 1 aromatic heterocycles. The molecule has 2 rings (SSSR count). The van der Waals surface area contributed by atoms with Crippen molar-refractivity contribution in [2.75, 3.05) is 0 Å². The average Bonchev–Trinajstić information content (AvgIpc) is 2.75. The summed E-state index contributed by atoms with van der Waals surface area (Å²) in [6.45, 7) is 4.57. The van der Waals surface area contributed by atoms with Crippen molar-refractivity contribution in [3.05, 3.63) is 11.9 Å². The molecule has 1 fully saturated rings. The molecule has 1 aliphatic rings. The molecule has 1 aliphatic carbocycles. The second kappa shape index (κ2) is 5.09. The third kappa shape index (κ3) is 2.72. The standard InChI is InChI=1S/C14H22N4/c1-11(2)12-4-6-14(10-15,7-5-12)8-13-9-18(3)17-16-13/h9,11-12H,4-8H2,1-3H3. The Hall–Kier alpha value is -1.37. The lowest BCUT2D eigenvalue weighted by Gasteiger charge is -2.36. The Morgan fingerprint density at radius 2 is 2.17 bits per heavy atom. The molecule has 0 radical (unpaired) electrons. The van der Waals surface area contributed by atoms with E-state index in [1.165, 1.54) is 12.8 Å². The molecule has 0 saturated heterocycles. The van der Waals surface area contributed by atoms with Crippen LogP contribution in [0, 0.1) is 28.6 Å².